The van der Waals surface area contributed by atoms with E-state index < -0.39 is 0 Å². The van der Waals surface area contributed by atoms with Gasteiger partial charge in [0.15, 0.2) is 0 Å². The number of carbonyl (C=O) groups is 1. The topological polar surface area (TPSA) is 56.3 Å². The zero-order valence-corrected chi connectivity index (χ0v) is 13.8. The number of para-hydroxylation sites is 1. The second kappa shape index (κ2) is 7.32. The number of carbonyl (C=O) groups excluding carboxylic acids is 1. The zero-order valence-electron chi connectivity index (χ0n) is 13.8. The standard InChI is InChI=1S/C20H22N2O2/c1-15(14-23)12-22(13-16-7-3-2-4-8-16)20(24)19-11-17-9-5-6-10-18(17)21-19/h2-11,15,21,23H,12-14H2,1H3. The molecule has 124 valence electrons. The third-order valence-electron chi connectivity index (χ3n) is 4.11. The lowest BCUT2D eigenvalue weighted by atomic mass is 10.1. The molecule has 1 unspecified atom stereocenters. The number of hydrogen-bond donors (Lipinski definition) is 2. The van der Waals surface area contributed by atoms with Crippen LogP contribution in [0.5, 0.6) is 0 Å². The first-order chi connectivity index (χ1) is 11.7. The van der Waals surface area contributed by atoms with Crippen LogP contribution in [0.25, 0.3) is 10.9 Å². The molecule has 3 aromatic rings. The molecule has 3 rings (SSSR count). The lowest BCUT2D eigenvalue weighted by Crippen LogP contribution is -2.35. The summed E-state index contributed by atoms with van der Waals surface area (Å²) < 4.78 is 0. The van der Waals surface area contributed by atoms with Gasteiger partial charge in [0.2, 0.25) is 0 Å². The van der Waals surface area contributed by atoms with Crippen LogP contribution in [0.15, 0.2) is 60.7 Å². The minimum Gasteiger partial charge on any atom is -0.396 e. The number of aromatic nitrogens is 1. The van der Waals surface area contributed by atoms with E-state index >= 15 is 0 Å². The van der Waals surface area contributed by atoms with E-state index in [1.807, 2.05) is 67.6 Å². The maximum Gasteiger partial charge on any atom is 0.270 e. The highest BCUT2D eigenvalue weighted by Gasteiger charge is 2.20. The fraction of sp³-hybridized carbons (Fsp3) is 0.250. The highest BCUT2D eigenvalue weighted by atomic mass is 16.3. The fourth-order valence-electron chi connectivity index (χ4n) is 2.82. The zero-order chi connectivity index (χ0) is 16.9. The van der Waals surface area contributed by atoms with E-state index in [1.165, 1.54) is 0 Å². The van der Waals surface area contributed by atoms with Crippen LogP contribution in [0.1, 0.15) is 23.0 Å². The SMILES string of the molecule is CC(CO)CN(Cc1ccccc1)C(=O)c1cc2ccccc2[nH]1. The minimum absolute atomic E-state index is 0.0297. The first-order valence-corrected chi connectivity index (χ1v) is 8.19. The third kappa shape index (κ3) is 3.66. The van der Waals surface area contributed by atoms with Crippen molar-refractivity contribution in [2.75, 3.05) is 13.2 Å². The second-order valence-electron chi connectivity index (χ2n) is 6.23. The van der Waals surface area contributed by atoms with E-state index in [0.29, 0.717) is 18.8 Å². The molecule has 0 fully saturated rings. The van der Waals surface area contributed by atoms with Crippen molar-refractivity contribution in [2.24, 2.45) is 5.92 Å². The number of aromatic amines is 1. The summed E-state index contributed by atoms with van der Waals surface area (Å²) >= 11 is 0. The van der Waals surface area contributed by atoms with E-state index in [-0.39, 0.29) is 18.4 Å². The number of aliphatic hydroxyl groups excluding tert-OH is 1. The molecular weight excluding hydrogens is 300 g/mol. The maximum absolute atomic E-state index is 13.0. The van der Waals surface area contributed by atoms with Crippen LogP contribution in [-0.2, 0) is 6.54 Å². The summed E-state index contributed by atoms with van der Waals surface area (Å²) in [5.74, 6) is -0.0163. The summed E-state index contributed by atoms with van der Waals surface area (Å²) in [6, 6.07) is 19.7. The van der Waals surface area contributed by atoms with E-state index in [4.69, 9.17) is 0 Å². The van der Waals surface area contributed by atoms with Crippen LogP contribution in [0.2, 0.25) is 0 Å². The number of aliphatic hydroxyl groups is 1. The Balaban J connectivity index is 1.86. The molecular formula is C20H22N2O2. The maximum atomic E-state index is 13.0. The normalized spacial score (nSPS) is 12.2. The van der Waals surface area contributed by atoms with Gasteiger partial charge in [0.05, 0.1) is 0 Å². The summed E-state index contributed by atoms with van der Waals surface area (Å²) in [5.41, 5.74) is 2.61. The smallest absolute Gasteiger partial charge is 0.270 e. The Kier molecular flexibility index (Phi) is 4.96. The van der Waals surface area contributed by atoms with E-state index in [2.05, 4.69) is 4.98 Å². The van der Waals surface area contributed by atoms with Gasteiger partial charge in [-0.15, -0.1) is 0 Å². The van der Waals surface area contributed by atoms with Crippen molar-refractivity contribution < 1.29 is 9.90 Å². The fourth-order valence-corrected chi connectivity index (χ4v) is 2.82. The Morgan fingerprint density at radius 2 is 1.83 bits per heavy atom. The molecule has 0 bridgehead atoms. The van der Waals surface area contributed by atoms with Gasteiger partial charge in [-0.25, -0.2) is 0 Å². The molecule has 2 N–H and O–H groups in total. The number of benzene rings is 2. The largest absolute Gasteiger partial charge is 0.396 e. The van der Waals surface area contributed by atoms with Crippen LogP contribution in [0.4, 0.5) is 0 Å². The molecule has 1 atom stereocenters. The Morgan fingerprint density at radius 3 is 2.54 bits per heavy atom. The van der Waals surface area contributed by atoms with Gasteiger partial charge in [-0.2, -0.15) is 0 Å². The minimum atomic E-state index is -0.0460. The number of fused-ring (bicyclic) bond motifs is 1. The van der Waals surface area contributed by atoms with Gasteiger partial charge in [-0.1, -0.05) is 55.5 Å². The predicted molar refractivity (Wildman–Crippen MR) is 95.7 cm³/mol. The number of hydrogen-bond acceptors (Lipinski definition) is 2. The summed E-state index contributed by atoms with van der Waals surface area (Å²) in [7, 11) is 0. The molecule has 2 aromatic carbocycles. The van der Waals surface area contributed by atoms with Crippen molar-refractivity contribution in [3.05, 3.63) is 71.9 Å². The molecule has 0 saturated heterocycles. The lowest BCUT2D eigenvalue weighted by molar-refractivity contribution is 0.0689. The van der Waals surface area contributed by atoms with Crippen LogP contribution in [-0.4, -0.2) is 34.0 Å². The molecule has 1 aromatic heterocycles. The summed E-state index contributed by atoms with van der Waals surface area (Å²) in [6.07, 6.45) is 0. The molecule has 0 aliphatic carbocycles. The molecule has 1 amide bonds. The van der Waals surface area contributed by atoms with Crippen molar-refractivity contribution in [3.8, 4) is 0 Å². The molecule has 0 saturated carbocycles. The van der Waals surface area contributed by atoms with Gasteiger partial charge in [0.25, 0.3) is 5.91 Å². The monoisotopic (exact) mass is 322 g/mol. The van der Waals surface area contributed by atoms with Gasteiger partial charge in [0.1, 0.15) is 5.69 Å². The average Bonchev–Trinajstić information content (AvgIpc) is 3.05. The second-order valence-corrected chi connectivity index (χ2v) is 6.23. The van der Waals surface area contributed by atoms with Crippen LogP contribution in [0.3, 0.4) is 0 Å². The molecule has 0 aliphatic rings. The van der Waals surface area contributed by atoms with Gasteiger partial charge < -0.3 is 15.0 Å². The van der Waals surface area contributed by atoms with Crippen molar-refractivity contribution in [3.63, 3.8) is 0 Å². The van der Waals surface area contributed by atoms with Crippen molar-refractivity contribution >= 4 is 16.8 Å². The van der Waals surface area contributed by atoms with E-state index in [9.17, 15) is 9.90 Å². The van der Waals surface area contributed by atoms with Gasteiger partial charge in [0, 0.05) is 30.6 Å². The lowest BCUT2D eigenvalue weighted by Gasteiger charge is -2.25. The van der Waals surface area contributed by atoms with Crippen LogP contribution < -0.4 is 0 Å². The van der Waals surface area contributed by atoms with Crippen molar-refractivity contribution in [1.82, 2.24) is 9.88 Å². The first-order valence-electron chi connectivity index (χ1n) is 8.19. The van der Waals surface area contributed by atoms with Gasteiger partial charge in [-0.3, -0.25) is 4.79 Å². The van der Waals surface area contributed by atoms with Gasteiger partial charge in [-0.05, 0) is 23.6 Å². The molecule has 4 heteroatoms. The van der Waals surface area contributed by atoms with E-state index in [1.54, 1.807) is 4.90 Å². The van der Waals surface area contributed by atoms with Crippen LogP contribution >= 0.6 is 0 Å². The number of rotatable bonds is 6. The number of nitrogens with zero attached hydrogens (tertiary/aromatic N) is 1. The Hall–Kier alpha value is -2.59. The average molecular weight is 322 g/mol. The van der Waals surface area contributed by atoms with Crippen molar-refractivity contribution in [1.29, 1.82) is 0 Å². The molecule has 0 spiro atoms. The van der Waals surface area contributed by atoms with Gasteiger partial charge >= 0.3 is 0 Å². The number of H-pyrrole nitrogens is 1. The Labute approximate surface area is 141 Å². The molecule has 24 heavy (non-hydrogen) atoms. The highest BCUT2D eigenvalue weighted by Crippen LogP contribution is 2.18. The summed E-state index contributed by atoms with van der Waals surface area (Å²) in [4.78, 5) is 18.0. The number of nitrogens with one attached hydrogen (secondary N) is 1. The van der Waals surface area contributed by atoms with Crippen LogP contribution in [0, 0.1) is 5.92 Å². The Bertz CT molecular complexity index is 778. The Morgan fingerprint density at radius 1 is 1.12 bits per heavy atom. The quantitative estimate of drug-likeness (QED) is 0.730. The molecule has 0 radical (unpaired) electrons. The molecule has 0 aliphatic heterocycles. The summed E-state index contributed by atoms with van der Waals surface area (Å²) in [6.45, 7) is 3.04. The molecule has 1 heterocycles. The number of amides is 1. The van der Waals surface area contributed by atoms with Crippen molar-refractivity contribution in [2.45, 2.75) is 13.5 Å². The summed E-state index contributed by atoms with van der Waals surface area (Å²) in [5, 5.41) is 10.4. The molecule has 4 nitrogen and oxygen atoms in total. The predicted octanol–water partition coefficient (Wildman–Crippen LogP) is 3.44. The third-order valence-corrected chi connectivity index (χ3v) is 4.11. The highest BCUT2D eigenvalue weighted by molar-refractivity contribution is 5.98. The van der Waals surface area contributed by atoms with E-state index in [0.717, 1.165) is 16.5 Å². The first kappa shape index (κ1) is 16.3.